The van der Waals surface area contributed by atoms with Gasteiger partial charge in [-0.1, -0.05) is 217 Å². The van der Waals surface area contributed by atoms with Crippen molar-refractivity contribution < 1.29 is 0 Å². The third-order valence-corrected chi connectivity index (χ3v) is 15.6. The topological polar surface area (TPSA) is 8.17 Å². The van der Waals surface area contributed by atoms with E-state index in [9.17, 15) is 0 Å². The average molecular weight is 931 g/mol. The van der Waals surface area contributed by atoms with E-state index < -0.39 is 5.41 Å². The van der Waals surface area contributed by atoms with Crippen molar-refractivity contribution in [2.24, 2.45) is 0 Å². The van der Waals surface area contributed by atoms with Crippen LogP contribution in [0.2, 0.25) is 0 Å². The van der Waals surface area contributed by atoms with E-state index >= 15 is 0 Å². The minimum Gasteiger partial charge on any atom is -0.310 e. The predicted octanol–water partition coefficient (Wildman–Crippen LogP) is 18.9. The maximum Gasteiger partial charge on any atom is 0.0714 e. The standard InChI is InChI=1S/C71H50N2/c1-47-28-37-55(38-29-47)72(56-39-30-48(2)31-40-56)57-22-15-17-52(44-57)49-32-34-51(35-33-49)64-46-68-70(63-26-12-11-24-60(63)64)69-59-23-10-9-16-50(59)36-43-67(69)73(68)58-41-42-62-61-25-13-14-27-65(61)71(66(62)45-58,53-18-5-3-6-19-53)54-20-7-4-8-21-54/h3-46H,1-2H3. The van der Waals surface area contributed by atoms with Crippen molar-refractivity contribution in [3.8, 4) is 39.1 Å². The molecule has 13 aromatic rings. The van der Waals surface area contributed by atoms with Crippen molar-refractivity contribution in [2.45, 2.75) is 19.3 Å². The number of hydrogen-bond acceptors (Lipinski definition) is 1. The van der Waals surface area contributed by atoms with Crippen molar-refractivity contribution in [3.63, 3.8) is 0 Å². The Morgan fingerprint density at radius 3 is 1.60 bits per heavy atom. The van der Waals surface area contributed by atoms with Gasteiger partial charge in [-0.15, -0.1) is 0 Å². The van der Waals surface area contributed by atoms with Crippen LogP contribution in [0.25, 0.3) is 82.4 Å². The van der Waals surface area contributed by atoms with Crippen LogP contribution in [0.4, 0.5) is 17.1 Å². The number of aryl methyl sites for hydroxylation is 2. The summed E-state index contributed by atoms with van der Waals surface area (Å²) in [6, 6.07) is 99.3. The molecule has 1 aromatic heterocycles. The summed E-state index contributed by atoms with van der Waals surface area (Å²) in [5.74, 6) is 0. The Morgan fingerprint density at radius 2 is 0.904 bits per heavy atom. The lowest BCUT2D eigenvalue weighted by molar-refractivity contribution is 0.767. The highest BCUT2D eigenvalue weighted by molar-refractivity contribution is 6.30. The van der Waals surface area contributed by atoms with Crippen LogP contribution in [0.5, 0.6) is 0 Å². The zero-order valence-corrected chi connectivity index (χ0v) is 40.8. The third kappa shape index (κ3) is 6.71. The molecule has 0 radical (unpaired) electrons. The SMILES string of the molecule is Cc1ccc(N(c2ccc(C)cc2)c2cccc(-c3ccc(-c4cc5c(c6ccccc46)c4c6ccccc6ccc4n5-c4ccc5c(c4)C(c4ccccc4)(c4ccccc4)c4ccccc4-5)cc3)c2)cc1. The first-order chi connectivity index (χ1) is 36.0. The Labute approximate surface area is 426 Å². The summed E-state index contributed by atoms with van der Waals surface area (Å²) in [4.78, 5) is 2.35. The Hall–Kier alpha value is -9.24. The smallest absolute Gasteiger partial charge is 0.0714 e. The largest absolute Gasteiger partial charge is 0.310 e. The zero-order valence-electron chi connectivity index (χ0n) is 40.8. The average Bonchev–Trinajstić information content (AvgIpc) is 3.96. The molecule has 0 atom stereocenters. The normalized spacial score (nSPS) is 12.6. The van der Waals surface area contributed by atoms with E-state index in [0.29, 0.717) is 0 Å². The van der Waals surface area contributed by atoms with Crippen LogP contribution in [-0.4, -0.2) is 4.57 Å². The van der Waals surface area contributed by atoms with Gasteiger partial charge in [0.05, 0.1) is 16.4 Å². The molecule has 0 bridgehead atoms. The number of rotatable bonds is 8. The number of anilines is 3. The molecule has 0 amide bonds. The molecule has 0 saturated heterocycles. The third-order valence-electron chi connectivity index (χ3n) is 15.6. The van der Waals surface area contributed by atoms with Crippen LogP contribution in [0, 0.1) is 13.8 Å². The Bertz CT molecular complexity index is 4160. The van der Waals surface area contributed by atoms with Crippen molar-refractivity contribution >= 4 is 60.4 Å². The minimum atomic E-state index is -0.519. The van der Waals surface area contributed by atoms with Crippen molar-refractivity contribution in [1.29, 1.82) is 0 Å². The summed E-state index contributed by atoms with van der Waals surface area (Å²) in [5.41, 5.74) is 21.3. The molecule has 1 heterocycles. The molecule has 344 valence electrons. The van der Waals surface area contributed by atoms with Gasteiger partial charge in [-0.2, -0.15) is 0 Å². The molecule has 0 aliphatic heterocycles. The first kappa shape index (κ1) is 42.6. The summed E-state index contributed by atoms with van der Waals surface area (Å²) in [6.07, 6.45) is 0. The molecule has 0 fully saturated rings. The van der Waals surface area contributed by atoms with E-state index in [1.807, 2.05) is 0 Å². The predicted molar refractivity (Wildman–Crippen MR) is 308 cm³/mol. The summed E-state index contributed by atoms with van der Waals surface area (Å²) in [5, 5.41) is 7.52. The van der Waals surface area contributed by atoms with Gasteiger partial charge in [-0.3, -0.25) is 0 Å². The Morgan fingerprint density at radius 1 is 0.329 bits per heavy atom. The van der Waals surface area contributed by atoms with Crippen LogP contribution in [0.15, 0.2) is 267 Å². The molecule has 0 saturated carbocycles. The zero-order chi connectivity index (χ0) is 48.6. The molecule has 12 aromatic carbocycles. The number of benzene rings is 12. The van der Waals surface area contributed by atoms with Gasteiger partial charge < -0.3 is 9.47 Å². The Kier molecular flexibility index (Phi) is 9.91. The molecule has 1 aliphatic carbocycles. The van der Waals surface area contributed by atoms with Crippen LogP contribution in [0.3, 0.4) is 0 Å². The van der Waals surface area contributed by atoms with E-state index in [-0.39, 0.29) is 0 Å². The molecule has 14 rings (SSSR count). The van der Waals surface area contributed by atoms with Gasteiger partial charge in [0.1, 0.15) is 0 Å². The second-order valence-electron chi connectivity index (χ2n) is 19.8. The second-order valence-corrected chi connectivity index (χ2v) is 19.8. The maximum atomic E-state index is 2.55. The van der Waals surface area contributed by atoms with Gasteiger partial charge >= 0.3 is 0 Å². The highest BCUT2D eigenvalue weighted by Crippen LogP contribution is 2.57. The van der Waals surface area contributed by atoms with E-state index in [1.165, 1.54) is 110 Å². The quantitative estimate of drug-likeness (QED) is 0.147. The maximum absolute atomic E-state index is 2.55. The lowest BCUT2D eigenvalue weighted by Crippen LogP contribution is -2.28. The molecule has 1 aliphatic rings. The molecule has 0 N–H and O–H groups in total. The van der Waals surface area contributed by atoms with Gasteiger partial charge in [-0.25, -0.2) is 0 Å². The fraction of sp³-hybridized carbons (Fsp3) is 0.0423. The molecule has 2 nitrogen and oxygen atoms in total. The van der Waals surface area contributed by atoms with Crippen molar-refractivity contribution in [2.75, 3.05) is 4.90 Å². The molecular weight excluding hydrogens is 881 g/mol. The first-order valence-corrected chi connectivity index (χ1v) is 25.4. The van der Waals surface area contributed by atoms with Gasteiger partial charge in [0.2, 0.25) is 0 Å². The highest BCUT2D eigenvalue weighted by atomic mass is 15.1. The van der Waals surface area contributed by atoms with E-state index in [4.69, 9.17) is 0 Å². The van der Waals surface area contributed by atoms with Gasteiger partial charge in [0, 0.05) is 33.5 Å². The monoisotopic (exact) mass is 930 g/mol. The summed E-state index contributed by atoms with van der Waals surface area (Å²) in [6.45, 7) is 4.28. The van der Waals surface area contributed by atoms with Crippen LogP contribution < -0.4 is 4.90 Å². The van der Waals surface area contributed by atoms with Crippen LogP contribution in [0.1, 0.15) is 33.4 Å². The van der Waals surface area contributed by atoms with Crippen molar-refractivity contribution in [3.05, 3.63) is 300 Å². The molecule has 73 heavy (non-hydrogen) atoms. The molecule has 2 heteroatoms. The summed E-state index contributed by atoms with van der Waals surface area (Å²) >= 11 is 0. The second kappa shape index (κ2) is 17.0. The van der Waals surface area contributed by atoms with Gasteiger partial charge in [0.25, 0.3) is 0 Å². The summed E-state index contributed by atoms with van der Waals surface area (Å²) in [7, 11) is 0. The minimum absolute atomic E-state index is 0.519. The fourth-order valence-corrected chi connectivity index (χ4v) is 12.2. The molecule has 0 spiro atoms. The van der Waals surface area contributed by atoms with Crippen molar-refractivity contribution in [1.82, 2.24) is 4.57 Å². The molecule has 0 unspecified atom stereocenters. The number of nitrogens with zero attached hydrogens (tertiary/aromatic N) is 2. The fourth-order valence-electron chi connectivity index (χ4n) is 12.2. The van der Waals surface area contributed by atoms with Gasteiger partial charge in [-0.05, 0) is 152 Å². The van der Waals surface area contributed by atoms with Crippen LogP contribution in [-0.2, 0) is 5.41 Å². The van der Waals surface area contributed by atoms with E-state index in [1.54, 1.807) is 0 Å². The van der Waals surface area contributed by atoms with E-state index in [0.717, 1.165) is 22.7 Å². The first-order valence-electron chi connectivity index (χ1n) is 25.4. The van der Waals surface area contributed by atoms with E-state index in [2.05, 4.69) is 290 Å². The lowest BCUT2D eigenvalue weighted by Gasteiger charge is -2.34. The lowest BCUT2D eigenvalue weighted by atomic mass is 9.67. The summed E-state index contributed by atoms with van der Waals surface area (Å²) < 4.78 is 2.55. The highest BCUT2D eigenvalue weighted by Gasteiger charge is 2.46. The number of aromatic nitrogens is 1. The Balaban J connectivity index is 0.965. The van der Waals surface area contributed by atoms with Gasteiger partial charge in [0.15, 0.2) is 0 Å². The van der Waals surface area contributed by atoms with Crippen LogP contribution >= 0.6 is 0 Å². The molecular formula is C71H50N2. The number of hydrogen-bond donors (Lipinski definition) is 0. The number of fused-ring (bicyclic) bond motifs is 10.